The maximum absolute atomic E-state index is 5.38. The lowest BCUT2D eigenvalue weighted by atomic mass is 9.92. The van der Waals surface area contributed by atoms with E-state index in [4.69, 9.17) is 6.42 Å². The molecule has 1 heteroatoms. The quantitative estimate of drug-likeness (QED) is 0.648. The van der Waals surface area contributed by atoms with Crippen molar-refractivity contribution in [1.82, 2.24) is 5.32 Å². The molecule has 3 unspecified atom stereocenters. The first-order valence-corrected chi connectivity index (χ1v) is 6.98. The molecule has 0 aromatic rings. The fraction of sp³-hybridized carbons (Fsp3) is 0.867. The monoisotopic (exact) mass is 221 g/mol. The molecule has 0 radical (unpaired) electrons. The molecule has 0 aliphatic heterocycles. The average molecular weight is 221 g/mol. The van der Waals surface area contributed by atoms with Gasteiger partial charge in [-0.05, 0) is 44.1 Å². The van der Waals surface area contributed by atoms with Gasteiger partial charge in [0.25, 0.3) is 0 Å². The Kier molecular flexibility index (Phi) is 6.57. The van der Waals surface area contributed by atoms with Crippen molar-refractivity contribution in [1.29, 1.82) is 0 Å². The number of nitrogens with one attached hydrogen (secondary N) is 1. The fourth-order valence-corrected chi connectivity index (χ4v) is 2.92. The van der Waals surface area contributed by atoms with E-state index < -0.39 is 0 Å². The average Bonchev–Trinajstić information content (AvgIpc) is 2.78. The lowest BCUT2D eigenvalue weighted by Crippen LogP contribution is -2.35. The molecule has 1 saturated carbocycles. The second kappa shape index (κ2) is 7.74. The van der Waals surface area contributed by atoms with Crippen molar-refractivity contribution >= 4 is 0 Å². The van der Waals surface area contributed by atoms with Crippen molar-refractivity contribution in [2.45, 2.75) is 64.8 Å². The van der Waals surface area contributed by atoms with E-state index in [1.807, 2.05) is 0 Å². The summed E-state index contributed by atoms with van der Waals surface area (Å²) in [4.78, 5) is 0. The molecule has 1 aliphatic rings. The third kappa shape index (κ3) is 4.18. The second-order valence-electron chi connectivity index (χ2n) is 5.15. The summed E-state index contributed by atoms with van der Waals surface area (Å²) in [7, 11) is 0. The minimum atomic E-state index is 0.674. The first kappa shape index (κ1) is 13.6. The first-order chi connectivity index (χ1) is 7.81. The van der Waals surface area contributed by atoms with Gasteiger partial charge >= 0.3 is 0 Å². The molecule has 1 rings (SSSR count). The molecule has 0 heterocycles. The third-order valence-electron chi connectivity index (χ3n) is 3.98. The number of hydrogen-bond acceptors (Lipinski definition) is 1. The minimum Gasteiger partial charge on any atom is -0.314 e. The van der Waals surface area contributed by atoms with Crippen LogP contribution in [-0.4, -0.2) is 12.6 Å². The van der Waals surface area contributed by atoms with Gasteiger partial charge in [-0.1, -0.05) is 26.7 Å². The number of terminal acetylenes is 1. The highest BCUT2D eigenvalue weighted by Gasteiger charge is 2.29. The summed E-state index contributed by atoms with van der Waals surface area (Å²) in [6.07, 6.45) is 14.3. The van der Waals surface area contributed by atoms with Crippen molar-refractivity contribution in [2.75, 3.05) is 6.54 Å². The lowest BCUT2D eigenvalue weighted by Gasteiger charge is -2.24. The Labute approximate surface area is 101 Å². The molecular weight excluding hydrogens is 194 g/mol. The molecule has 0 aromatic carbocycles. The zero-order chi connectivity index (χ0) is 11.8. The Bertz CT molecular complexity index is 216. The van der Waals surface area contributed by atoms with E-state index in [2.05, 4.69) is 25.1 Å². The van der Waals surface area contributed by atoms with E-state index in [1.54, 1.807) is 0 Å². The molecule has 0 saturated heterocycles. The highest BCUT2D eigenvalue weighted by atomic mass is 14.9. The molecule has 3 atom stereocenters. The fourth-order valence-electron chi connectivity index (χ4n) is 2.92. The Morgan fingerprint density at radius 3 is 2.75 bits per heavy atom. The smallest absolute Gasteiger partial charge is 0.0104 e. The molecule has 0 spiro atoms. The van der Waals surface area contributed by atoms with Gasteiger partial charge in [0, 0.05) is 12.5 Å². The number of rotatable bonds is 7. The van der Waals surface area contributed by atoms with Gasteiger partial charge in [-0.2, -0.15) is 0 Å². The van der Waals surface area contributed by atoms with Gasteiger partial charge in [0.2, 0.25) is 0 Å². The first-order valence-electron chi connectivity index (χ1n) is 6.98. The van der Waals surface area contributed by atoms with Gasteiger partial charge in [-0.25, -0.2) is 0 Å². The van der Waals surface area contributed by atoms with Crippen LogP contribution < -0.4 is 5.32 Å². The van der Waals surface area contributed by atoms with Crippen LogP contribution in [-0.2, 0) is 0 Å². The molecule has 0 amide bonds. The van der Waals surface area contributed by atoms with Crippen molar-refractivity contribution < 1.29 is 0 Å². The molecule has 0 bridgehead atoms. The van der Waals surface area contributed by atoms with Gasteiger partial charge in [0.05, 0.1) is 0 Å². The maximum Gasteiger partial charge on any atom is 0.0104 e. The summed E-state index contributed by atoms with van der Waals surface area (Å²) in [6, 6.07) is 0.674. The summed E-state index contributed by atoms with van der Waals surface area (Å²) in [5.41, 5.74) is 0. The van der Waals surface area contributed by atoms with Crippen LogP contribution in [0.4, 0.5) is 0 Å². The van der Waals surface area contributed by atoms with E-state index in [9.17, 15) is 0 Å². The summed E-state index contributed by atoms with van der Waals surface area (Å²) in [6.45, 7) is 5.69. The van der Waals surface area contributed by atoms with E-state index in [0.717, 1.165) is 31.2 Å². The van der Waals surface area contributed by atoms with Crippen LogP contribution >= 0.6 is 0 Å². The standard InChI is InChI=1S/C15H27N/c1-4-7-8-15(16-11-5-2)14-10-9-13(6-3)12-14/h1,13-16H,5-12H2,2-3H3. The van der Waals surface area contributed by atoms with Gasteiger partial charge in [0.15, 0.2) is 0 Å². The predicted octanol–water partition coefficient (Wildman–Crippen LogP) is 3.59. The molecule has 1 N–H and O–H groups in total. The third-order valence-corrected chi connectivity index (χ3v) is 3.98. The Morgan fingerprint density at radius 2 is 2.19 bits per heavy atom. The van der Waals surface area contributed by atoms with Crippen LogP contribution in [0.3, 0.4) is 0 Å². The second-order valence-corrected chi connectivity index (χ2v) is 5.15. The van der Waals surface area contributed by atoms with Crippen LogP contribution in [0.15, 0.2) is 0 Å². The van der Waals surface area contributed by atoms with Crippen molar-refractivity contribution in [2.24, 2.45) is 11.8 Å². The Morgan fingerprint density at radius 1 is 1.38 bits per heavy atom. The van der Waals surface area contributed by atoms with Crippen LogP contribution in [0.25, 0.3) is 0 Å². The van der Waals surface area contributed by atoms with Gasteiger partial charge in [-0.3, -0.25) is 0 Å². The van der Waals surface area contributed by atoms with E-state index in [-0.39, 0.29) is 0 Å². The maximum atomic E-state index is 5.38. The Balaban J connectivity index is 2.39. The zero-order valence-corrected chi connectivity index (χ0v) is 11.0. The molecule has 1 fully saturated rings. The summed E-state index contributed by atoms with van der Waals surface area (Å²) < 4.78 is 0. The number of hydrogen-bond donors (Lipinski definition) is 1. The highest BCUT2D eigenvalue weighted by molar-refractivity contribution is 4.90. The molecule has 1 nitrogen and oxygen atoms in total. The zero-order valence-electron chi connectivity index (χ0n) is 11.0. The van der Waals surface area contributed by atoms with Crippen LogP contribution in [0.1, 0.15) is 58.8 Å². The molecule has 92 valence electrons. The Hall–Kier alpha value is -0.480. The molecular formula is C15H27N. The van der Waals surface area contributed by atoms with E-state index in [1.165, 1.54) is 32.1 Å². The predicted molar refractivity (Wildman–Crippen MR) is 71.3 cm³/mol. The van der Waals surface area contributed by atoms with Crippen LogP contribution in [0.5, 0.6) is 0 Å². The highest BCUT2D eigenvalue weighted by Crippen LogP contribution is 2.35. The molecule has 0 aromatic heterocycles. The van der Waals surface area contributed by atoms with Gasteiger partial charge in [-0.15, -0.1) is 12.3 Å². The summed E-state index contributed by atoms with van der Waals surface area (Å²) in [5.74, 6) is 4.64. The van der Waals surface area contributed by atoms with E-state index >= 15 is 0 Å². The van der Waals surface area contributed by atoms with Crippen LogP contribution in [0, 0.1) is 24.2 Å². The van der Waals surface area contributed by atoms with Gasteiger partial charge in [0.1, 0.15) is 0 Å². The SMILES string of the molecule is C#CCCC(NCCC)C1CCC(CC)C1. The lowest BCUT2D eigenvalue weighted by molar-refractivity contribution is 0.332. The van der Waals surface area contributed by atoms with Crippen molar-refractivity contribution in [3.05, 3.63) is 0 Å². The van der Waals surface area contributed by atoms with Crippen molar-refractivity contribution in [3.8, 4) is 12.3 Å². The topological polar surface area (TPSA) is 12.0 Å². The van der Waals surface area contributed by atoms with E-state index in [0.29, 0.717) is 6.04 Å². The summed E-state index contributed by atoms with van der Waals surface area (Å²) in [5, 5.41) is 3.70. The van der Waals surface area contributed by atoms with Crippen molar-refractivity contribution in [3.63, 3.8) is 0 Å². The normalized spacial score (nSPS) is 26.6. The van der Waals surface area contributed by atoms with Gasteiger partial charge < -0.3 is 5.32 Å². The van der Waals surface area contributed by atoms with Crippen LogP contribution in [0.2, 0.25) is 0 Å². The summed E-state index contributed by atoms with van der Waals surface area (Å²) >= 11 is 0. The largest absolute Gasteiger partial charge is 0.314 e. The minimum absolute atomic E-state index is 0.674. The molecule has 16 heavy (non-hydrogen) atoms. The molecule has 1 aliphatic carbocycles.